The third kappa shape index (κ3) is 3.44. The monoisotopic (exact) mass is 410 g/mol. The molecular weight excluding hydrogens is 380 g/mol. The molecule has 160 valence electrons. The lowest BCUT2D eigenvalue weighted by Crippen LogP contribution is -2.52. The molecular formula is C23H30N4O3. The third-order valence-electron chi connectivity index (χ3n) is 7.57. The van der Waals surface area contributed by atoms with Crippen molar-refractivity contribution in [1.82, 2.24) is 20.9 Å². The van der Waals surface area contributed by atoms with E-state index >= 15 is 0 Å². The van der Waals surface area contributed by atoms with Crippen molar-refractivity contribution in [1.29, 1.82) is 0 Å². The standard InChI is InChI=1S/C23H30N4O3/c28-20-7-6-18(21(29)26-20)27-13-16-5-4-15(11-17(16)22(27)30)12-24-14-23-8-2-1-3-19(23)25-10-9-23/h4-5,11,18-19,24-25H,1-3,6-10,12-14H2,(H,26,28,29). The first kappa shape index (κ1) is 19.7. The van der Waals surface area contributed by atoms with Gasteiger partial charge in [-0.1, -0.05) is 25.0 Å². The molecule has 0 bridgehead atoms. The normalized spacial score (nSPS) is 30.9. The highest BCUT2D eigenvalue weighted by atomic mass is 16.2. The summed E-state index contributed by atoms with van der Waals surface area (Å²) in [7, 11) is 0. The number of hydrogen-bond acceptors (Lipinski definition) is 5. The van der Waals surface area contributed by atoms with Crippen LogP contribution in [0.3, 0.4) is 0 Å². The molecule has 0 radical (unpaired) electrons. The molecule has 3 unspecified atom stereocenters. The highest BCUT2D eigenvalue weighted by Gasteiger charge is 2.43. The molecule has 3 N–H and O–H groups in total. The van der Waals surface area contributed by atoms with Gasteiger partial charge in [-0.3, -0.25) is 19.7 Å². The zero-order chi connectivity index (χ0) is 20.7. The molecule has 3 atom stereocenters. The van der Waals surface area contributed by atoms with E-state index in [1.54, 1.807) is 4.90 Å². The van der Waals surface area contributed by atoms with E-state index in [4.69, 9.17) is 0 Å². The summed E-state index contributed by atoms with van der Waals surface area (Å²) in [5, 5.41) is 9.70. The fourth-order valence-electron chi connectivity index (χ4n) is 5.89. The molecule has 30 heavy (non-hydrogen) atoms. The number of hydrogen-bond donors (Lipinski definition) is 3. The van der Waals surface area contributed by atoms with Gasteiger partial charge < -0.3 is 15.5 Å². The number of rotatable bonds is 5. The second-order valence-electron chi connectivity index (χ2n) is 9.36. The summed E-state index contributed by atoms with van der Waals surface area (Å²) in [5.41, 5.74) is 3.13. The number of carbonyl (C=O) groups is 3. The summed E-state index contributed by atoms with van der Waals surface area (Å²) in [6.07, 6.45) is 7.15. The van der Waals surface area contributed by atoms with Crippen molar-refractivity contribution < 1.29 is 14.4 Å². The maximum Gasteiger partial charge on any atom is 0.255 e. The minimum Gasteiger partial charge on any atom is -0.322 e. The van der Waals surface area contributed by atoms with Crippen LogP contribution in [0.5, 0.6) is 0 Å². The van der Waals surface area contributed by atoms with E-state index < -0.39 is 6.04 Å². The van der Waals surface area contributed by atoms with Crippen molar-refractivity contribution in [2.75, 3.05) is 13.1 Å². The van der Waals surface area contributed by atoms with Crippen LogP contribution < -0.4 is 16.0 Å². The van der Waals surface area contributed by atoms with Gasteiger partial charge in [0.15, 0.2) is 0 Å². The number of amides is 3. The minimum atomic E-state index is -0.554. The van der Waals surface area contributed by atoms with Crippen LogP contribution in [-0.2, 0) is 22.7 Å². The first-order valence-corrected chi connectivity index (χ1v) is 11.3. The van der Waals surface area contributed by atoms with Crippen LogP contribution in [0, 0.1) is 5.41 Å². The molecule has 1 aliphatic carbocycles. The van der Waals surface area contributed by atoms with Crippen LogP contribution >= 0.6 is 0 Å². The van der Waals surface area contributed by atoms with Gasteiger partial charge in [0.2, 0.25) is 11.8 Å². The van der Waals surface area contributed by atoms with Gasteiger partial charge in [0.1, 0.15) is 6.04 Å². The summed E-state index contributed by atoms with van der Waals surface area (Å²) in [6.45, 7) is 3.31. The van der Waals surface area contributed by atoms with Gasteiger partial charge in [0.25, 0.3) is 5.91 Å². The van der Waals surface area contributed by atoms with E-state index in [9.17, 15) is 14.4 Å². The molecule has 0 spiro atoms. The zero-order valence-electron chi connectivity index (χ0n) is 17.3. The Balaban J connectivity index is 1.23. The molecule has 4 aliphatic rings. The number of imide groups is 1. The summed E-state index contributed by atoms with van der Waals surface area (Å²) in [4.78, 5) is 38.2. The zero-order valence-corrected chi connectivity index (χ0v) is 17.3. The highest BCUT2D eigenvalue weighted by molar-refractivity contribution is 6.05. The van der Waals surface area contributed by atoms with Crippen molar-refractivity contribution in [2.24, 2.45) is 5.41 Å². The number of nitrogens with zero attached hydrogens (tertiary/aromatic N) is 1. The maximum atomic E-state index is 13.0. The Labute approximate surface area is 177 Å². The predicted octanol–water partition coefficient (Wildman–Crippen LogP) is 1.46. The summed E-state index contributed by atoms with van der Waals surface area (Å²) < 4.78 is 0. The fraction of sp³-hybridized carbons (Fsp3) is 0.609. The topological polar surface area (TPSA) is 90.5 Å². The lowest BCUT2D eigenvalue weighted by Gasteiger charge is -2.39. The predicted molar refractivity (Wildman–Crippen MR) is 112 cm³/mol. The Bertz CT molecular complexity index is 885. The maximum absolute atomic E-state index is 13.0. The molecule has 7 nitrogen and oxygen atoms in total. The quantitative estimate of drug-likeness (QED) is 0.640. The van der Waals surface area contributed by atoms with Gasteiger partial charge in [0.05, 0.1) is 0 Å². The van der Waals surface area contributed by atoms with Gasteiger partial charge in [-0.05, 0) is 54.8 Å². The van der Waals surface area contributed by atoms with Gasteiger partial charge in [0, 0.05) is 37.7 Å². The van der Waals surface area contributed by atoms with E-state index in [2.05, 4.69) is 22.0 Å². The van der Waals surface area contributed by atoms with Crippen molar-refractivity contribution in [3.05, 3.63) is 34.9 Å². The number of piperidine rings is 1. The van der Waals surface area contributed by atoms with Crippen molar-refractivity contribution in [3.8, 4) is 0 Å². The van der Waals surface area contributed by atoms with Crippen molar-refractivity contribution in [3.63, 3.8) is 0 Å². The molecule has 3 fully saturated rings. The minimum absolute atomic E-state index is 0.104. The van der Waals surface area contributed by atoms with Crippen molar-refractivity contribution in [2.45, 2.75) is 70.1 Å². The number of fused-ring (bicyclic) bond motifs is 2. The fourth-order valence-corrected chi connectivity index (χ4v) is 5.89. The van der Waals surface area contributed by atoms with E-state index in [0.29, 0.717) is 30.0 Å². The Kier molecular flexibility index (Phi) is 5.11. The SMILES string of the molecule is O=C1CCC(N2Cc3ccc(CNCC45CCCCC4NCC5)cc3C2=O)C(=O)N1. The van der Waals surface area contributed by atoms with Gasteiger partial charge in [-0.25, -0.2) is 0 Å². The number of benzene rings is 1. The molecule has 3 heterocycles. The Hall–Kier alpha value is -2.25. The molecule has 1 aromatic carbocycles. The molecule has 5 rings (SSSR count). The van der Waals surface area contributed by atoms with Gasteiger partial charge in [-0.15, -0.1) is 0 Å². The van der Waals surface area contributed by atoms with Crippen molar-refractivity contribution >= 4 is 17.7 Å². The lowest BCUT2D eigenvalue weighted by molar-refractivity contribution is -0.136. The summed E-state index contributed by atoms with van der Waals surface area (Å²) in [6, 6.07) is 6.15. The molecule has 1 saturated carbocycles. The molecule has 0 aromatic heterocycles. The van der Waals surface area contributed by atoms with E-state index in [0.717, 1.165) is 30.8 Å². The van der Waals surface area contributed by atoms with E-state index in [-0.39, 0.29) is 24.1 Å². The third-order valence-corrected chi connectivity index (χ3v) is 7.57. The Morgan fingerprint density at radius 1 is 1.13 bits per heavy atom. The Morgan fingerprint density at radius 3 is 2.90 bits per heavy atom. The van der Waals surface area contributed by atoms with Crippen LogP contribution in [0.2, 0.25) is 0 Å². The van der Waals surface area contributed by atoms with Crippen LogP contribution in [0.25, 0.3) is 0 Å². The molecule has 7 heteroatoms. The number of carbonyl (C=O) groups excluding carboxylic acids is 3. The average Bonchev–Trinajstić information content (AvgIpc) is 3.30. The second-order valence-corrected chi connectivity index (χ2v) is 9.36. The number of nitrogens with one attached hydrogen (secondary N) is 3. The van der Waals surface area contributed by atoms with Gasteiger partial charge in [-0.2, -0.15) is 0 Å². The molecule has 3 aliphatic heterocycles. The Morgan fingerprint density at radius 2 is 2.03 bits per heavy atom. The van der Waals surface area contributed by atoms with Crippen LogP contribution in [0.4, 0.5) is 0 Å². The summed E-state index contributed by atoms with van der Waals surface area (Å²) >= 11 is 0. The highest BCUT2D eigenvalue weighted by Crippen LogP contribution is 2.42. The largest absolute Gasteiger partial charge is 0.322 e. The molecule has 2 saturated heterocycles. The molecule has 3 amide bonds. The van der Waals surface area contributed by atoms with E-state index in [1.807, 2.05) is 12.1 Å². The smallest absolute Gasteiger partial charge is 0.255 e. The van der Waals surface area contributed by atoms with Gasteiger partial charge >= 0.3 is 0 Å². The first-order chi connectivity index (χ1) is 14.6. The van der Waals surface area contributed by atoms with Crippen LogP contribution in [0.1, 0.15) is 66.4 Å². The second kappa shape index (κ2) is 7.78. The summed E-state index contributed by atoms with van der Waals surface area (Å²) in [5.74, 6) is -0.723. The van der Waals surface area contributed by atoms with E-state index in [1.165, 1.54) is 32.1 Å². The first-order valence-electron chi connectivity index (χ1n) is 11.3. The lowest BCUT2D eigenvalue weighted by atomic mass is 9.70. The van der Waals surface area contributed by atoms with Crippen LogP contribution in [-0.4, -0.2) is 47.8 Å². The van der Waals surface area contributed by atoms with Crippen LogP contribution in [0.15, 0.2) is 18.2 Å². The average molecular weight is 411 g/mol. The molecule has 1 aromatic rings.